The van der Waals surface area contributed by atoms with Crippen molar-refractivity contribution < 1.29 is 0 Å². The lowest BCUT2D eigenvalue weighted by Gasteiger charge is -2.15. The maximum atomic E-state index is 2.36. The largest absolute Gasteiger partial charge is 0.309 e. The predicted molar refractivity (Wildman–Crippen MR) is 90.9 cm³/mol. The number of rotatable bonds is 3. The molecular weight excluding hydrogens is 276 g/mol. The van der Waals surface area contributed by atoms with E-state index in [0.29, 0.717) is 0 Å². The van der Waals surface area contributed by atoms with Gasteiger partial charge in [0.1, 0.15) is 0 Å². The summed E-state index contributed by atoms with van der Waals surface area (Å²) in [6.07, 6.45) is 3.37. The lowest BCUT2D eigenvalue weighted by atomic mass is 10.0. The molecule has 0 atom stereocenters. The van der Waals surface area contributed by atoms with Crippen molar-refractivity contribution in [1.82, 2.24) is 8.87 Å². The fourth-order valence-electron chi connectivity index (χ4n) is 2.92. The van der Waals surface area contributed by atoms with Crippen molar-refractivity contribution in [3.63, 3.8) is 0 Å². The zero-order valence-electron chi connectivity index (χ0n) is 12.3. The summed E-state index contributed by atoms with van der Waals surface area (Å²) in [4.78, 5) is 3.61. The number of fused-ring (bicyclic) bond motifs is 7. The molecule has 1 aliphatic heterocycles. The van der Waals surface area contributed by atoms with Gasteiger partial charge in [0.2, 0.25) is 0 Å². The van der Waals surface area contributed by atoms with Crippen molar-refractivity contribution >= 4 is 22.9 Å². The molecule has 0 aliphatic carbocycles. The van der Waals surface area contributed by atoms with Gasteiger partial charge in [0.25, 0.3) is 0 Å². The van der Waals surface area contributed by atoms with E-state index in [2.05, 4.69) is 71.6 Å². The summed E-state index contributed by atoms with van der Waals surface area (Å²) in [6.45, 7) is 1.09. The van der Waals surface area contributed by atoms with Crippen molar-refractivity contribution in [3.8, 4) is 11.1 Å². The minimum Gasteiger partial charge on any atom is -0.309 e. The monoisotopic (exact) mass is 294 g/mol. The number of hydrogen-bond acceptors (Lipinski definition) is 2. The summed E-state index contributed by atoms with van der Waals surface area (Å²) in [5, 5.41) is 1.35. The molecule has 21 heavy (non-hydrogen) atoms. The first-order valence-electron chi connectivity index (χ1n) is 7.29. The zero-order chi connectivity index (χ0) is 14.4. The van der Waals surface area contributed by atoms with Crippen molar-refractivity contribution in [3.05, 3.63) is 54.2 Å². The van der Waals surface area contributed by atoms with Crippen molar-refractivity contribution in [1.29, 1.82) is 0 Å². The van der Waals surface area contributed by atoms with Crippen LogP contribution in [0.4, 0.5) is 0 Å². The molecule has 2 aromatic carbocycles. The first-order chi connectivity index (χ1) is 10.2. The molecule has 106 valence electrons. The highest BCUT2D eigenvalue weighted by Gasteiger charge is 2.20. The highest BCUT2D eigenvalue weighted by molar-refractivity contribution is 7.98. The number of aromatic nitrogens is 1. The van der Waals surface area contributed by atoms with Crippen molar-refractivity contribution in [2.45, 2.75) is 11.3 Å². The summed E-state index contributed by atoms with van der Waals surface area (Å²) < 4.78 is 2.29. The molecule has 3 heteroatoms. The minimum atomic E-state index is 1.09. The molecule has 1 aliphatic rings. The van der Waals surface area contributed by atoms with Crippen molar-refractivity contribution in [2.24, 2.45) is 0 Å². The SMILES string of the molecule is CN(C)CCc1ccc2c(c1)Sn1cc-2c2ccccc21. The smallest absolute Gasteiger partial charge is 0.0601 e. The Hall–Kier alpha value is -1.71. The van der Waals surface area contributed by atoms with Crippen LogP contribution in [-0.4, -0.2) is 29.5 Å². The van der Waals surface area contributed by atoms with E-state index >= 15 is 0 Å². The van der Waals surface area contributed by atoms with Gasteiger partial charge < -0.3 is 4.90 Å². The second-order valence-electron chi connectivity index (χ2n) is 5.86. The van der Waals surface area contributed by atoms with Crippen LogP contribution in [0.3, 0.4) is 0 Å². The van der Waals surface area contributed by atoms with Crippen LogP contribution < -0.4 is 0 Å². The zero-order valence-corrected chi connectivity index (χ0v) is 13.2. The van der Waals surface area contributed by atoms with Gasteiger partial charge in [-0.25, -0.2) is 0 Å². The number of benzene rings is 2. The van der Waals surface area contributed by atoms with Crippen LogP contribution in [0.2, 0.25) is 0 Å². The predicted octanol–water partition coefficient (Wildman–Crippen LogP) is 4.28. The Labute approximate surface area is 129 Å². The minimum absolute atomic E-state index is 1.09. The lowest BCUT2D eigenvalue weighted by Crippen LogP contribution is -2.15. The summed E-state index contributed by atoms with van der Waals surface area (Å²) in [7, 11) is 4.25. The van der Waals surface area contributed by atoms with Crippen LogP contribution in [0.1, 0.15) is 5.56 Å². The van der Waals surface area contributed by atoms with Crippen LogP contribution in [0, 0.1) is 0 Å². The quantitative estimate of drug-likeness (QED) is 0.557. The summed E-state index contributed by atoms with van der Waals surface area (Å²) in [5.74, 6) is 0. The molecular formula is C18H18N2S. The van der Waals surface area contributed by atoms with E-state index < -0.39 is 0 Å². The van der Waals surface area contributed by atoms with E-state index in [0.717, 1.165) is 13.0 Å². The van der Waals surface area contributed by atoms with Gasteiger partial charge in [-0.05, 0) is 55.7 Å². The van der Waals surface area contributed by atoms with Gasteiger partial charge in [-0.15, -0.1) is 0 Å². The van der Waals surface area contributed by atoms with Gasteiger partial charge >= 0.3 is 0 Å². The van der Waals surface area contributed by atoms with E-state index in [4.69, 9.17) is 0 Å². The van der Waals surface area contributed by atoms with Gasteiger partial charge in [0.15, 0.2) is 0 Å². The van der Waals surface area contributed by atoms with Crippen LogP contribution in [-0.2, 0) is 6.42 Å². The number of hydrogen-bond donors (Lipinski definition) is 0. The third kappa shape index (κ3) is 2.17. The van der Waals surface area contributed by atoms with Gasteiger partial charge in [-0.1, -0.05) is 30.3 Å². The molecule has 2 heterocycles. The Bertz CT molecular complexity index is 817. The van der Waals surface area contributed by atoms with Crippen molar-refractivity contribution in [2.75, 3.05) is 20.6 Å². The van der Waals surface area contributed by atoms with Gasteiger partial charge in [-0.3, -0.25) is 3.97 Å². The number of nitrogens with zero attached hydrogens (tertiary/aromatic N) is 2. The van der Waals surface area contributed by atoms with Crippen LogP contribution >= 0.6 is 11.9 Å². The third-order valence-corrected chi connectivity index (χ3v) is 5.09. The van der Waals surface area contributed by atoms with Crippen LogP contribution in [0.5, 0.6) is 0 Å². The number of likely N-dealkylation sites (N-methyl/N-ethyl adjacent to an activating group) is 1. The first-order valence-corrected chi connectivity index (χ1v) is 8.06. The average Bonchev–Trinajstić information content (AvgIpc) is 2.79. The molecule has 0 radical (unpaired) electrons. The average molecular weight is 294 g/mol. The fourth-order valence-corrected chi connectivity index (χ4v) is 4.03. The second-order valence-corrected chi connectivity index (χ2v) is 6.88. The molecule has 0 amide bonds. The molecule has 2 nitrogen and oxygen atoms in total. The van der Waals surface area contributed by atoms with Gasteiger partial charge in [0, 0.05) is 28.6 Å². The highest BCUT2D eigenvalue weighted by Crippen LogP contribution is 2.44. The van der Waals surface area contributed by atoms with Gasteiger partial charge in [-0.2, -0.15) is 0 Å². The topological polar surface area (TPSA) is 8.17 Å². The maximum absolute atomic E-state index is 2.36. The molecule has 4 rings (SSSR count). The first kappa shape index (κ1) is 13.0. The third-order valence-electron chi connectivity index (χ3n) is 4.06. The Morgan fingerprint density at radius 1 is 1.05 bits per heavy atom. The molecule has 0 fully saturated rings. The second kappa shape index (κ2) is 4.93. The van der Waals surface area contributed by atoms with E-state index in [9.17, 15) is 0 Å². The van der Waals surface area contributed by atoms with Gasteiger partial charge in [0.05, 0.1) is 5.52 Å². The normalized spacial score (nSPS) is 12.9. The number of para-hydroxylation sites is 1. The Balaban J connectivity index is 1.77. The van der Waals surface area contributed by atoms with E-state index in [1.807, 2.05) is 11.9 Å². The fraction of sp³-hybridized carbons (Fsp3) is 0.222. The molecule has 0 unspecified atom stereocenters. The lowest BCUT2D eigenvalue weighted by molar-refractivity contribution is 0.413. The standard InChI is InChI=1S/C18H18N2S/c1-19(2)10-9-13-7-8-15-16-12-20(21-18(15)11-13)17-6-4-3-5-14(16)17/h3-8,11-12H,9-10H2,1-2H3. The Morgan fingerprint density at radius 3 is 2.76 bits per heavy atom. The van der Waals surface area contributed by atoms with Crippen LogP contribution in [0.25, 0.3) is 22.0 Å². The molecule has 3 aromatic rings. The van der Waals surface area contributed by atoms with E-state index in [1.54, 1.807) is 0 Å². The molecule has 0 spiro atoms. The summed E-state index contributed by atoms with van der Waals surface area (Å²) in [6, 6.07) is 15.6. The molecule has 2 bridgehead atoms. The highest BCUT2D eigenvalue weighted by atomic mass is 32.2. The molecule has 0 N–H and O–H groups in total. The molecule has 0 saturated heterocycles. The van der Waals surface area contributed by atoms with E-state index in [-0.39, 0.29) is 0 Å². The summed E-state index contributed by atoms with van der Waals surface area (Å²) >= 11 is 1.83. The molecule has 0 saturated carbocycles. The van der Waals surface area contributed by atoms with Crippen LogP contribution in [0.15, 0.2) is 53.6 Å². The molecule has 1 aromatic heterocycles. The Morgan fingerprint density at radius 2 is 1.90 bits per heavy atom. The summed E-state index contributed by atoms with van der Waals surface area (Å²) in [5.41, 5.74) is 5.46. The Kier molecular flexibility index (Phi) is 3.05. The van der Waals surface area contributed by atoms with E-state index in [1.165, 1.54) is 32.5 Å². The maximum Gasteiger partial charge on any atom is 0.0601 e.